The predicted molar refractivity (Wildman–Crippen MR) is 54.9 cm³/mol. The van der Waals surface area contributed by atoms with Crippen molar-refractivity contribution in [3.05, 3.63) is 0 Å². The van der Waals surface area contributed by atoms with Gasteiger partial charge in [-0.2, -0.15) is 0 Å². The summed E-state index contributed by atoms with van der Waals surface area (Å²) in [5, 5.41) is 9.02. The van der Waals surface area contributed by atoms with Gasteiger partial charge in [0.1, 0.15) is 6.73 Å². The summed E-state index contributed by atoms with van der Waals surface area (Å²) in [7, 11) is 0. The van der Waals surface area contributed by atoms with Crippen LogP contribution >= 0.6 is 0 Å². The Balaban J connectivity index is 4.20. The zero-order valence-corrected chi connectivity index (χ0v) is 9.70. The van der Waals surface area contributed by atoms with E-state index in [9.17, 15) is 4.79 Å². The van der Waals surface area contributed by atoms with Crippen molar-refractivity contribution in [3.8, 4) is 0 Å². The molecule has 0 bridgehead atoms. The molecule has 0 saturated heterocycles. The third kappa shape index (κ3) is 4.46. The molecule has 0 unspecified atom stereocenters. The normalized spacial score (nSPS) is 11.6. The van der Waals surface area contributed by atoms with Crippen LogP contribution in [0.4, 0.5) is 4.79 Å². The van der Waals surface area contributed by atoms with E-state index in [2.05, 4.69) is 0 Å². The topological polar surface area (TPSA) is 49.8 Å². The Morgan fingerprint density at radius 2 is 1.93 bits per heavy atom. The third-order valence-electron chi connectivity index (χ3n) is 1.71. The van der Waals surface area contributed by atoms with Gasteiger partial charge in [-0.15, -0.1) is 0 Å². The smallest absolute Gasteiger partial charge is 0.412 e. The van der Waals surface area contributed by atoms with Gasteiger partial charge in [0.05, 0.1) is 6.61 Å². The van der Waals surface area contributed by atoms with E-state index in [4.69, 9.17) is 9.84 Å². The zero-order valence-electron chi connectivity index (χ0n) is 9.70. The van der Waals surface area contributed by atoms with Crippen molar-refractivity contribution in [1.29, 1.82) is 0 Å². The molecule has 0 spiro atoms. The molecule has 0 aromatic heterocycles. The van der Waals surface area contributed by atoms with Crippen LogP contribution in [0.1, 0.15) is 34.6 Å². The van der Waals surface area contributed by atoms with Crippen molar-refractivity contribution in [2.75, 3.05) is 13.3 Å². The number of aliphatic hydroxyl groups is 1. The molecule has 0 radical (unpaired) electrons. The fourth-order valence-electron chi connectivity index (χ4n) is 0.860. The van der Waals surface area contributed by atoms with E-state index in [-0.39, 0.29) is 6.73 Å². The van der Waals surface area contributed by atoms with E-state index in [0.717, 1.165) is 0 Å². The second-order valence-electron chi connectivity index (χ2n) is 4.71. The Bertz CT molecular complexity index is 184. The van der Waals surface area contributed by atoms with E-state index < -0.39 is 11.6 Å². The number of ether oxygens (including phenoxy) is 1. The molecule has 84 valence electrons. The summed E-state index contributed by atoms with van der Waals surface area (Å²) < 4.78 is 5.01. The van der Waals surface area contributed by atoms with Crippen molar-refractivity contribution in [1.82, 2.24) is 4.90 Å². The predicted octanol–water partition coefficient (Wildman–Crippen LogP) is 1.83. The molecule has 0 atom stereocenters. The number of aliphatic hydroxyl groups excluding tert-OH is 1. The highest BCUT2D eigenvalue weighted by Crippen LogP contribution is 2.13. The lowest BCUT2D eigenvalue weighted by Crippen LogP contribution is -2.46. The van der Waals surface area contributed by atoms with Gasteiger partial charge in [-0.05, 0) is 26.7 Å². The van der Waals surface area contributed by atoms with Gasteiger partial charge in [0.15, 0.2) is 0 Å². The van der Waals surface area contributed by atoms with Crippen LogP contribution in [-0.4, -0.2) is 35.0 Å². The minimum atomic E-state index is -0.464. The molecule has 0 rings (SSSR count). The van der Waals surface area contributed by atoms with E-state index in [1.165, 1.54) is 4.90 Å². The van der Waals surface area contributed by atoms with Crippen molar-refractivity contribution >= 4 is 6.09 Å². The van der Waals surface area contributed by atoms with Crippen molar-refractivity contribution in [3.63, 3.8) is 0 Å². The number of rotatable bonds is 3. The SMILES string of the molecule is CC(C)COC(=O)N(CO)C(C)(C)C. The Morgan fingerprint density at radius 1 is 1.43 bits per heavy atom. The maximum Gasteiger partial charge on any atom is 0.412 e. The largest absolute Gasteiger partial charge is 0.449 e. The van der Waals surface area contributed by atoms with Crippen LogP contribution in [0.5, 0.6) is 0 Å². The first-order chi connectivity index (χ1) is 6.29. The average molecular weight is 203 g/mol. The van der Waals surface area contributed by atoms with Gasteiger partial charge in [0, 0.05) is 5.54 Å². The molecule has 0 heterocycles. The van der Waals surface area contributed by atoms with E-state index >= 15 is 0 Å². The Labute approximate surface area is 85.9 Å². The van der Waals surface area contributed by atoms with Crippen LogP contribution in [0.15, 0.2) is 0 Å². The van der Waals surface area contributed by atoms with Crippen molar-refractivity contribution in [2.24, 2.45) is 5.92 Å². The van der Waals surface area contributed by atoms with E-state index in [0.29, 0.717) is 12.5 Å². The summed E-state index contributed by atoms with van der Waals surface area (Å²) in [6.45, 7) is 9.53. The third-order valence-corrected chi connectivity index (χ3v) is 1.71. The quantitative estimate of drug-likeness (QED) is 0.712. The molecule has 14 heavy (non-hydrogen) atoms. The summed E-state index contributed by atoms with van der Waals surface area (Å²) in [5.41, 5.74) is -0.414. The summed E-state index contributed by atoms with van der Waals surface area (Å²) >= 11 is 0. The van der Waals surface area contributed by atoms with Crippen LogP contribution in [0.3, 0.4) is 0 Å². The second-order valence-corrected chi connectivity index (χ2v) is 4.71. The first-order valence-electron chi connectivity index (χ1n) is 4.84. The highest BCUT2D eigenvalue weighted by atomic mass is 16.6. The lowest BCUT2D eigenvalue weighted by Gasteiger charge is -2.32. The van der Waals surface area contributed by atoms with Crippen LogP contribution in [-0.2, 0) is 4.74 Å². The fourth-order valence-corrected chi connectivity index (χ4v) is 0.860. The summed E-state index contributed by atoms with van der Waals surface area (Å²) in [6.07, 6.45) is -0.464. The van der Waals surface area contributed by atoms with Gasteiger partial charge in [-0.3, -0.25) is 4.90 Å². The van der Waals surface area contributed by atoms with Gasteiger partial charge in [-0.1, -0.05) is 13.8 Å². The molecule has 0 aliphatic heterocycles. The molecule has 1 N–H and O–H groups in total. The molecule has 0 saturated carbocycles. The second kappa shape index (κ2) is 5.20. The number of hydrogen-bond donors (Lipinski definition) is 1. The Morgan fingerprint density at radius 3 is 2.21 bits per heavy atom. The van der Waals surface area contributed by atoms with Gasteiger partial charge in [-0.25, -0.2) is 4.79 Å². The molecule has 0 aromatic rings. The molecule has 0 aliphatic carbocycles. The minimum Gasteiger partial charge on any atom is -0.449 e. The van der Waals surface area contributed by atoms with E-state index in [1.54, 1.807) is 0 Å². The molecular weight excluding hydrogens is 182 g/mol. The van der Waals surface area contributed by atoms with Crippen LogP contribution in [0.2, 0.25) is 0 Å². The molecule has 0 aliphatic rings. The summed E-state index contributed by atoms with van der Waals surface area (Å²) in [6, 6.07) is 0. The molecule has 1 amide bonds. The number of carbonyl (C=O) groups excluding carboxylic acids is 1. The van der Waals surface area contributed by atoms with Gasteiger partial charge >= 0.3 is 6.09 Å². The minimum absolute atomic E-state index is 0.305. The molecule has 0 fully saturated rings. The van der Waals surface area contributed by atoms with Crippen molar-refractivity contribution in [2.45, 2.75) is 40.2 Å². The first-order valence-corrected chi connectivity index (χ1v) is 4.84. The van der Waals surface area contributed by atoms with Gasteiger partial charge in [0.2, 0.25) is 0 Å². The number of amides is 1. The number of carbonyl (C=O) groups is 1. The number of hydrogen-bond acceptors (Lipinski definition) is 3. The number of nitrogens with zero attached hydrogens (tertiary/aromatic N) is 1. The highest BCUT2D eigenvalue weighted by Gasteiger charge is 2.26. The zero-order chi connectivity index (χ0) is 11.4. The molecular formula is C10H21NO3. The van der Waals surface area contributed by atoms with Crippen LogP contribution in [0, 0.1) is 5.92 Å². The highest BCUT2D eigenvalue weighted by molar-refractivity contribution is 5.68. The molecule has 4 heteroatoms. The van der Waals surface area contributed by atoms with Gasteiger partial charge in [0.25, 0.3) is 0 Å². The van der Waals surface area contributed by atoms with Gasteiger partial charge < -0.3 is 9.84 Å². The lowest BCUT2D eigenvalue weighted by atomic mass is 10.1. The molecule has 4 nitrogen and oxygen atoms in total. The standard InChI is InChI=1S/C10H21NO3/c1-8(2)6-14-9(13)11(7-12)10(3,4)5/h8,12H,6-7H2,1-5H3. The van der Waals surface area contributed by atoms with Crippen molar-refractivity contribution < 1.29 is 14.6 Å². The average Bonchev–Trinajstić information content (AvgIpc) is 1.99. The fraction of sp³-hybridized carbons (Fsp3) is 0.900. The summed E-state index contributed by atoms with van der Waals surface area (Å²) in [4.78, 5) is 12.8. The molecule has 0 aromatic carbocycles. The maximum atomic E-state index is 11.5. The maximum absolute atomic E-state index is 11.5. The van der Waals surface area contributed by atoms with Crippen LogP contribution < -0.4 is 0 Å². The Hall–Kier alpha value is -0.770. The van der Waals surface area contributed by atoms with Crippen LogP contribution in [0.25, 0.3) is 0 Å². The monoisotopic (exact) mass is 203 g/mol. The lowest BCUT2D eigenvalue weighted by molar-refractivity contribution is 0.0150. The first kappa shape index (κ1) is 13.2. The summed E-state index contributed by atoms with van der Waals surface area (Å²) in [5.74, 6) is 0.305. The van der Waals surface area contributed by atoms with E-state index in [1.807, 2.05) is 34.6 Å². The Kier molecular flexibility index (Phi) is 4.91.